The molecule has 8 heteroatoms. The lowest BCUT2D eigenvalue weighted by Gasteiger charge is -2.41. The van der Waals surface area contributed by atoms with Crippen molar-refractivity contribution >= 4 is 40.2 Å². The number of hydrogen-bond donors (Lipinski definition) is 1. The molecule has 1 aliphatic heterocycles. The maximum absolute atomic E-state index is 5.01. The number of nitrogens with zero attached hydrogens (tertiary/aromatic N) is 6. The lowest BCUT2D eigenvalue weighted by Crippen LogP contribution is -2.76. The van der Waals surface area contributed by atoms with Gasteiger partial charge in [-0.15, -0.1) is 0 Å². The van der Waals surface area contributed by atoms with Gasteiger partial charge in [0.05, 0.1) is 0 Å². The van der Waals surface area contributed by atoms with Crippen LogP contribution in [0.3, 0.4) is 0 Å². The van der Waals surface area contributed by atoms with Crippen LogP contribution in [0.4, 0.5) is 11.4 Å². The second-order valence-electron chi connectivity index (χ2n) is 18.4. The first kappa shape index (κ1) is 44.2. The molecule has 10 aromatic carbocycles. The molecule has 3 heterocycles. The Balaban J connectivity index is 0.902. The number of hydrogen-bond acceptors (Lipinski definition) is 7. The van der Waals surface area contributed by atoms with Gasteiger partial charge in [-0.25, -0.2) is 29.9 Å². The molecule has 1 N–H and O–H groups in total. The van der Waals surface area contributed by atoms with Gasteiger partial charge in [0.2, 0.25) is 0 Å². The van der Waals surface area contributed by atoms with Crippen molar-refractivity contribution in [1.29, 1.82) is 0 Å². The molecule has 0 fully saturated rings. The van der Waals surface area contributed by atoms with Crippen LogP contribution in [0, 0.1) is 0 Å². The number of rotatable bonds is 10. The predicted octanol–water partition coefficient (Wildman–Crippen LogP) is 12.8. The zero-order valence-corrected chi connectivity index (χ0v) is 41.1. The van der Waals surface area contributed by atoms with Crippen molar-refractivity contribution in [1.82, 2.24) is 29.9 Å². The minimum Gasteiger partial charge on any atom is -0.356 e. The smallest absolute Gasteiger partial charge is 0.184 e. The monoisotopic (exact) mass is 963 g/mol. The molecule has 0 atom stereocenters. The fraction of sp³-hybridized carbons (Fsp3) is 0. The van der Waals surface area contributed by atoms with Crippen molar-refractivity contribution < 1.29 is 0 Å². The summed E-state index contributed by atoms with van der Waals surface area (Å²) < 4.78 is 0. The van der Waals surface area contributed by atoms with Gasteiger partial charge < -0.3 is 5.32 Å². The van der Waals surface area contributed by atoms with Gasteiger partial charge in [-0.05, 0) is 55.1 Å². The van der Waals surface area contributed by atoms with E-state index in [0.717, 1.165) is 67.0 Å². The van der Waals surface area contributed by atoms with E-state index >= 15 is 0 Å². The highest BCUT2D eigenvalue weighted by Crippen LogP contribution is 2.34. The Kier molecular flexibility index (Phi) is 11.4. The highest BCUT2D eigenvalue weighted by molar-refractivity contribution is 7.21. The van der Waals surface area contributed by atoms with E-state index in [0.29, 0.717) is 34.9 Å². The highest BCUT2D eigenvalue weighted by Gasteiger charge is 2.47. The number of aromatic nitrogens is 6. The largest absolute Gasteiger partial charge is 0.356 e. The van der Waals surface area contributed by atoms with Crippen LogP contribution in [0.2, 0.25) is 0 Å². The molecule has 0 saturated carbocycles. The maximum Gasteiger partial charge on any atom is 0.184 e. The van der Waals surface area contributed by atoms with Crippen LogP contribution in [0.5, 0.6) is 0 Å². The summed E-state index contributed by atoms with van der Waals surface area (Å²) >= 11 is 0. The molecular weight excluding hydrogens is 919 g/mol. The Morgan fingerprint density at radius 2 is 0.446 bits per heavy atom. The van der Waals surface area contributed by atoms with Gasteiger partial charge in [0, 0.05) is 44.8 Å². The van der Waals surface area contributed by atoms with Crippen LogP contribution in [-0.2, 0) is 0 Å². The molecular formula is C66H45N7Si. The Morgan fingerprint density at radius 3 is 0.730 bits per heavy atom. The van der Waals surface area contributed by atoms with Crippen LogP contribution in [0.15, 0.2) is 267 Å². The van der Waals surface area contributed by atoms with E-state index in [4.69, 9.17) is 29.9 Å². The van der Waals surface area contributed by atoms with Gasteiger partial charge in [0.25, 0.3) is 0 Å². The summed E-state index contributed by atoms with van der Waals surface area (Å²) in [7, 11) is -3.00. The van der Waals surface area contributed by atoms with Crippen molar-refractivity contribution in [2.75, 3.05) is 5.32 Å². The molecule has 0 unspecified atom stereocenters. The number of fused-ring (bicyclic) bond motifs is 2. The van der Waals surface area contributed by atoms with Crippen molar-refractivity contribution in [3.8, 4) is 90.6 Å². The molecule has 2 aromatic heterocycles. The number of nitrogens with one attached hydrogen (secondary N) is 1. The summed E-state index contributed by atoms with van der Waals surface area (Å²) in [4.78, 5) is 29.9. The first-order valence-electron chi connectivity index (χ1n) is 24.8. The lowest BCUT2D eigenvalue weighted by atomic mass is 10.0. The number of anilines is 2. The average molecular weight is 964 g/mol. The minimum absolute atomic E-state index is 0.626. The molecule has 74 heavy (non-hydrogen) atoms. The second kappa shape index (κ2) is 19.1. The summed E-state index contributed by atoms with van der Waals surface area (Å²) in [6.07, 6.45) is 0. The summed E-state index contributed by atoms with van der Waals surface area (Å²) in [5.41, 5.74) is 12.3. The second-order valence-corrected chi connectivity index (χ2v) is 22.1. The van der Waals surface area contributed by atoms with Gasteiger partial charge >= 0.3 is 0 Å². The van der Waals surface area contributed by atoms with Crippen LogP contribution in [-0.4, -0.2) is 38.0 Å². The molecule has 0 amide bonds. The normalized spacial score (nSPS) is 12.3. The Morgan fingerprint density at radius 1 is 0.216 bits per heavy atom. The Hall–Kier alpha value is -9.76. The van der Waals surface area contributed by atoms with Crippen LogP contribution >= 0.6 is 0 Å². The fourth-order valence-corrected chi connectivity index (χ4v) is 15.3. The third-order valence-corrected chi connectivity index (χ3v) is 18.7. The zero-order chi connectivity index (χ0) is 49.3. The van der Waals surface area contributed by atoms with Crippen LogP contribution < -0.4 is 26.1 Å². The third kappa shape index (κ3) is 8.25. The lowest BCUT2D eigenvalue weighted by molar-refractivity contribution is 1.07. The molecule has 0 aliphatic carbocycles. The molecule has 0 bridgehead atoms. The zero-order valence-electron chi connectivity index (χ0n) is 40.1. The van der Waals surface area contributed by atoms with Gasteiger partial charge in [-0.2, -0.15) is 0 Å². The number of benzene rings is 10. The summed E-state index contributed by atoms with van der Waals surface area (Å²) in [5.74, 6) is 3.80. The van der Waals surface area contributed by atoms with Gasteiger partial charge in [0.1, 0.15) is 0 Å². The van der Waals surface area contributed by atoms with E-state index in [-0.39, 0.29) is 0 Å². The van der Waals surface area contributed by atoms with E-state index in [2.05, 4.69) is 151 Å². The fourth-order valence-electron chi connectivity index (χ4n) is 10.2. The minimum atomic E-state index is -3.00. The van der Waals surface area contributed by atoms with Crippen molar-refractivity contribution in [2.24, 2.45) is 0 Å². The van der Waals surface area contributed by atoms with Crippen molar-refractivity contribution in [3.63, 3.8) is 0 Å². The quantitative estimate of drug-likeness (QED) is 0.137. The standard InChI is InChI=1S/C66H45N7Si/c1-7-19-47(20-8-1)61-68-62(48-21-9-2-10-22-48)71-65(70-61)51-35-31-45(32-36-51)53-39-41-57-59(43-53)74(55-27-15-5-16-28-55,56-29-17-6-18-30-56)60-44-54(40-42-58(60)67-57)46-33-37-52(38-34-46)66-72-63(49-23-11-3-12-24-49)69-64(73-66)50-25-13-4-14-26-50/h1-44,67H. The Bertz CT molecular complexity index is 3560. The molecule has 13 rings (SSSR count). The summed E-state index contributed by atoms with van der Waals surface area (Å²) in [5, 5.41) is 9.14. The molecule has 7 nitrogen and oxygen atoms in total. The van der Waals surface area contributed by atoms with Gasteiger partial charge in [-0.3, -0.25) is 0 Å². The first-order chi connectivity index (χ1) is 36.6. The van der Waals surface area contributed by atoms with Crippen molar-refractivity contribution in [3.05, 3.63) is 267 Å². The Labute approximate surface area is 430 Å². The van der Waals surface area contributed by atoms with E-state index in [1.54, 1.807) is 0 Å². The van der Waals surface area contributed by atoms with E-state index in [9.17, 15) is 0 Å². The summed E-state index contributed by atoms with van der Waals surface area (Å²) in [6.45, 7) is 0. The van der Waals surface area contributed by atoms with E-state index < -0.39 is 8.07 Å². The molecule has 12 aromatic rings. The van der Waals surface area contributed by atoms with Gasteiger partial charge in [0.15, 0.2) is 43.0 Å². The molecule has 0 saturated heterocycles. The van der Waals surface area contributed by atoms with Crippen LogP contribution in [0.25, 0.3) is 90.6 Å². The topological polar surface area (TPSA) is 89.4 Å². The van der Waals surface area contributed by atoms with E-state index in [1.807, 2.05) is 121 Å². The van der Waals surface area contributed by atoms with Crippen molar-refractivity contribution in [2.45, 2.75) is 0 Å². The third-order valence-electron chi connectivity index (χ3n) is 13.9. The first-order valence-corrected chi connectivity index (χ1v) is 26.8. The predicted molar refractivity (Wildman–Crippen MR) is 304 cm³/mol. The molecule has 348 valence electrons. The SMILES string of the molecule is c1ccc(-c2nc(-c3ccccc3)nc(-c3ccc(-c4ccc5c(c4)[Si](c4ccccc4)(c4ccccc4)c4cc(-c6ccc(-c7nc(-c8ccccc8)nc(-c8ccccc8)n7)cc6)ccc4N5)cc3)n2)cc1. The molecule has 0 radical (unpaired) electrons. The van der Waals surface area contributed by atoms with Gasteiger partial charge in [-0.1, -0.05) is 255 Å². The highest BCUT2D eigenvalue weighted by atomic mass is 28.3. The summed E-state index contributed by atoms with van der Waals surface area (Å²) in [6, 6.07) is 93.8. The average Bonchev–Trinajstić information content (AvgIpc) is 3.50. The molecule has 1 aliphatic rings. The maximum atomic E-state index is 5.01. The van der Waals surface area contributed by atoms with Crippen LogP contribution in [0.1, 0.15) is 0 Å². The molecule has 0 spiro atoms. The van der Waals surface area contributed by atoms with E-state index in [1.165, 1.54) is 20.7 Å².